The molecule has 0 aliphatic carbocycles. The van der Waals surface area contributed by atoms with E-state index in [-0.39, 0.29) is 30.0 Å². The quantitative estimate of drug-likeness (QED) is 0.256. The van der Waals surface area contributed by atoms with Crippen LogP contribution in [-0.2, 0) is 9.59 Å². The zero-order chi connectivity index (χ0) is 15.1. The molecule has 0 unspecified atom stereocenters. The summed E-state index contributed by atoms with van der Waals surface area (Å²) in [7, 11) is 0. The second kappa shape index (κ2) is 7.67. The molecule has 108 valence electrons. The number of hydrogen-bond donors (Lipinski definition) is 6. The fraction of sp³-hybridized carbons (Fsp3) is 0.400. The Kier molecular flexibility index (Phi) is 6.98. The van der Waals surface area contributed by atoms with Gasteiger partial charge in [0.2, 0.25) is 0 Å². The van der Waals surface area contributed by atoms with E-state index in [0.717, 1.165) is 0 Å². The zero-order valence-electron chi connectivity index (χ0n) is 9.94. The van der Waals surface area contributed by atoms with Crippen molar-refractivity contribution < 1.29 is 29.5 Å². The summed E-state index contributed by atoms with van der Waals surface area (Å²) in [5.74, 6) is -2.74. The van der Waals surface area contributed by atoms with Gasteiger partial charge in [-0.05, 0) is 12.0 Å². The minimum atomic E-state index is -1.63. The molecular weight excluding hydrogens is 276 g/mol. The highest BCUT2D eigenvalue weighted by molar-refractivity contribution is 7.93. The van der Waals surface area contributed by atoms with Gasteiger partial charge >= 0.3 is 11.9 Å². The van der Waals surface area contributed by atoms with Gasteiger partial charge in [-0.15, -0.1) is 0 Å². The van der Waals surface area contributed by atoms with Gasteiger partial charge in [-0.25, -0.2) is 9.59 Å². The minimum absolute atomic E-state index is 0.118. The smallest absolute Gasteiger partial charge is 0.330 e. The Balaban J connectivity index is 4.94. The molecule has 0 amide bonds. The van der Waals surface area contributed by atoms with E-state index in [1.54, 1.807) is 0 Å². The number of rotatable bonds is 8. The lowest BCUT2D eigenvalue weighted by atomic mass is 9.94. The number of aliphatic carboxylic acids is 2. The third-order valence-electron chi connectivity index (χ3n) is 2.02. The number of hydrogen-bond acceptors (Lipinski definition) is 7. The molecule has 0 spiro atoms. The van der Waals surface area contributed by atoms with Gasteiger partial charge in [-0.1, -0.05) is 0 Å². The third-order valence-corrected chi connectivity index (χ3v) is 2.68. The van der Waals surface area contributed by atoms with Gasteiger partial charge in [0.25, 0.3) is 0 Å². The average molecular weight is 292 g/mol. The molecule has 0 saturated heterocycles. The summed E-state index contributed by atoms with van der Waals surface area (Å²) in [6.07, 6.45) is 0.899. The molecule has 8 nitrogen and oxygen atoms in total. The van der Waals surface area contributed by atoms with E-state index in [4.69, 9.17) is 26.2 Å². The molecule has 0 aliphatic rings. The summed E-state index contributed by atoms with van der Waals surface area (Å²) >= 11 is 0.320. The summed E-state index contributed by atoms with van der Waals surface area (Å²) < 4.78 is 8.79. The topological polar surface area (TPSA) is 167 Å². The van der Waals surface area contributed by atoms with Crippen LogP contribution in [-0.4, -0.2) is 43.2 Å². The van der Waals surface area contributed by atoms with Crippen molar-refractivity contribution in [2.45, 2.75) is 18.4 Å². The van der Waals surface area contributed by atoms with Crippen LogP contribution in [0.1, 0.15) is 12.8 Å². The SMILES string of the molecule is N/C(=C\C(=O)O)CC(O)(CSO)C/C(N)=C/C(=O)O. The lowest BCUT2D eigenvalue weighted by Gasteiger charge is -2.27. The van der Waals surface area contributed by atoms with Crippen LogP contribution >= 0.6 is 12.0 Å². The molecule has 0 aromatic heterocycles. The minimum Gasteiger partial charge on any atom is -0.478 e. The van der Waals surface area contributed by atoms with E-state index in [9.17, 15) is 14.7 Å². The maximum absolute atomic E-state index is 10.4. The zero-order valence-corrected chi connectivity index (χ0v) is 10.8. The highest BCUT2D eigenvalue weighted by Crippen LogP contribution is 2.25. The van der Waals surface area contributed by atoms with Crippen LogP contribution in [0, 0.1) is 0 Å². The normalized spacial score (nSPS) is 15.9. The number of carboxylic acids is 2. The molecule has 8 N–H and O–H groups in total. The van der Waals surface area contributed by atoms with E-state index >= 15 is 0 Å². The second-order valence-electron chi connectivity index (χ2n) is 3.97. The Bertz CT molecular complexity index is 375. The van der Waals surface area contributed by atoms with Gasteiger partial charge < -0.3 is 31.3 Å². The van der Waals surface area contributed by atoms with Gasteiger partial charge in [0.1, 0.15) is 0 Å². The highest BCUT2D eigenvalue weighted by Gasteiger charge is 2.29. The number of nitrogens with two attached hydrogens (primary N) is 2. The summed E-state index contributed by atoms with van der Waals surface area (Å²) in [4.78, 5) is 20.8. The van der Waals surface area contributed by atoms with Crippen LogP contribution in [0.4, 0.5) is 0 Å². The molecule has 0 aromatic carbocycles. The largest absolute Gasteiger partial charge is 0.478 e. The van der Waals surface area contributed by atoms with Crippen molar-refractivity contribution in [2.75, 3.05) is 5.75 Å². The molecule has 0 radical (unpaired) electrons. The molecule has 9 heteroatoms. The maximum atomic E-state index is 10.4. The first-order chi connectivity index (χ1) is 8.68. The van der Waals surface area contributed by atoms with Crippen LogP contribution in [0.25, 0.3) is 0 Å². The van der Waals surface area contributed by atoms with Crippen LogP contribution in [0.3, 0.4) is 0 Å². The monoisotopic (exact) mass is 292 g/mol. The van der Waals surface area contributed by atoms with Crippen molar-refractivity contribution in [1.29, 1.82) is 0 Å². The van der Waals surface area contributed by atoms with Gasteiger partial charge in [-0.2, -0.15) is 0 Å². The van der Waals surface area contributed by atoms with Crippen molar-refractivity contribution in [3.05, 3.63) is 23.5 Å². The summed E-state index contributed by atoms with van der Waals surface area (Å²) in [6.45, 7) is 0. The predicted molar refractivity (Wildman–Crippen MR) is 69.1 cm³/mol. The molecule has 0 atom stereocenters. The predicted octanol–water partition coefficient (Wildman–Crippen LogP) is -0.442. The first kappa shape index (κ1) is 17.3. The van der Waals surface area contributed by atoms with Gasteiger partial charge in [0.15, 0.2) is 0 Å². The molecule has 0 bridgehead atoms. The lowest BCUT2D eigenvalue weighted by molar-refractivity contribution is -0.132. The van der Waals surface area contributed by atoms with E-state index in [1.807, 2.05) is 0 Å². The summed E-state index contributed by atoms with van der Waals surface area (Å²) in [6, 6.07) is 0. The Morgan fingerprint density at radius 1 is 1.05 bits per heavy atom. The van der Waals surface area contributed by atoms with Gasteiger partial charge in [-0.3, -0.25) is 0 Å². The van der Waals surface area contributed by atoms with Crippen LogP contribution in [0.15, 0.2) is 23.5 Å². The number of aliphatic hydroxyl groups is 1. The van der Waals surface area contributed by atoms with E-state index in [2.05, 4.69) is 0 Å². The van der Waals surface area contributed by atoms with E-state index in [1.165, 1.54) is 0 Å². The molecule has 0 aromatic rings. The fourth-order valence-corrected chi connectivity index (χ4v) is 1.91. The first-order valence-corrected chi connectivity index (χ1v) is 5.99. The molecular formula is C10H16N2O6S. The Hall–Kier alpha value is -1.71. The lowest BCUT2D eigenvalue weighted by Crippen LogP contribution is -2.35. The van der Waals surface area contributed by atoms with Gasteiger partial charge in [0.05, 0.1) is 5.60 Å². The van der Waals surface area contributed by atoms with Crippen LogP contribution in [0.5, 0.6) is 0 Å². The highest BCUT2D eigenvalue weighted by atomic mass is 32.2. The third kappa shape index (κ3) is 8.08. The van der Waals surface area contributed by atoms with Crippen molar-refractivity contribution in [2.24, 2.45) is 11.5 Å². The van der Waals surface area contributed by atoms with Crippen LogP contribution < -0.4 is 11.5 Å². The molecule has 0 rings (SSSR count). The van der Waals surface area contributed by atoms with Crippen LogP contribution in [0.2, 0.25) is 0 Å². The Morgan fingerprint density at radius 3 is 1.68 bits per heavy atom. The number of carbonyl (C=O) groups is 2. The van der Waals surface area contributed by atoms with Crippen molar-refractivity contribution >= 4 is 24.0 Å². The Labute approximate surface area is 113 Å². The summed E-state index contributed by atoms with van der Waals surface area (Å²) in [5, 5.41) is 27.2. The standard InChI is InChI=1S/C10H16N2O6S/c11-6(1-8(13)14)3-10(17,5-19-18)4-7(12)2-9(15)16/h1-2,17-18H,3-5,11-12H2,(H,13,14)(H,15,16)/b6-1-,7-2-. The maximum Gasteiger partial charge on any atom is 0.330 e. The summed E-state index contributed by atoms with van der Waals surface area (Å²) in [5.41, 5.74) is 8.97. The fourth-order valence-electron chi connectivity index (χ4n) is 1.46. The molecule has 0 aliphatic heterocycles. The first-order valence-electron chi connectivity index (χ1n) is 5.05. The van der Waals surface area contributed by atoms with E-state index in [0.29, 0.717) is 24.2 Å². The molecule has 0 heterocycles. The second-order valence-corrected chi connectivity index (χ2v) is 4.51. The van der Waals surface area contributed by atoms with Crippen molar-refractivity contribution in [3.8, 4) is 0 Å². The molecule has 19 heavy (non-hydrogen) atoms. The van der Waals surface area contributed by atoms with Crippen molar-refractivity contribution in [3.63, 3.8) is 0 Å². The number of carboxylic acid groups (broad SMARTS) is 2. The average Bonchev–Trinajstić information content (AvgIpc) is 2.12. The van der Waals surface area contributed by atoms with E-state index < -0.39 is 17.5 Å². The Morgan fingerprint density at radius 2 is 1.42 bits per heavy atom. The molecule has 0 fully saturated rings. The van der Waals surface area contributed by atoms with Gasteiger partial charge in [0, 0.05) is 42.1 Å². The van der Waals surface area contributed by atoms with Crippen molar-refractivity contribution in [1.82, 2.24) is 0 Å². The molecule has 0 saturated carbocycles.